The molecule has 0 unspecified atom stereocenters. The second-order valence-corrected chi connectivity index (χ2v) is 4.60. The molecule has 0 atom stereocenters. The molecular formula is C10H19IN2O. The maximum absolute atomic E-state index is 11.3. The van der Waals surface area contributed by atoms with Crippen molar-refractivity contribution >= 4 is 28.8 Å². The van der Waals surface area contributed by atoms with Crippen LogP contribution in [0.3, 0.4) is 0 Å². The van der Waals surface area contributed by atoms with Gasteiger partial charge in [-0.05, 0) is 32.1 Å². The van der Waals surface area contributed by atoms with Crippen LogP contribution in [0, 0.1) is 0 Å². The molecule has 0 bridgehead atoms. The van der Waals surface area contributed by atoms with Gasteiger partial charge in [0.05, 0.1) is 0 Å². The number of rotatable bonds is 4. The number of halogens is 1. The number of nitrogens with one attached hydrogen (secondary N) is 2. The average molecular weight is 310 g/mol. The molecule has 0 heterocycles. The van der Waals surface area contributed by atoms with Gasteiger partial charge in [0, 0.05) is 41.4 Å². The highest BCUT2D eigenvalue weighted by Crippen LogP contribution is 2.19. The summed E-state index contributed by atoms with van der Waals surface area (Å²) in [5.41, 5.74) is 0. The Morgan fingerprint density at radius 2 is 1.86 bits per heavy atom. The molecule has 1 aliphatic carbocycles. The van der Waals surface area contributed by atoms with E-state index in [1.807, 2.05) is 6.92 Å². The van der Waals surface area contributed by atoms with Crippen LogP contribution in [-0.4, -0.2) is 18.0 Å². The third-order valence-electron chi connectivity index (χ3n) is 2.72. The molecule has 14 heavy (non-hydrogen) atoms. The maximum Gasteiger partial charge on any atom is 0.220 e. The fourth-order valence-electron chi connectivity index (χ4n) is 1.87. The van der Waals surface area contributed by atoms with Crippen molar-refractivity contribution in [3.63, 3.8) is 0 Å². The van der Waals surface area contributed by atoms with E-state index < -0.39 is 0 Å². The summed E-state index contributed by atoms with van der Waals surface area (Å²) in [6.45, 7) is 2.04. The van der Waals surface area contributed by atoms with E-state index in [1.165, 1.54) is 12.8 Å². The third-order valence-corrected chi connectivity index (χ3v) is 3.60. The average Bonchev–Trinajstić information content (AvgIpc) is 2.19. The third kappa shape index (κ3) is 4.13. The van der Waals surface area contributed by atoms with Crippen LogP contribution in [0.4, 0.5) is 0 Å². The number of amides is 1. The Morgan fingerprint density at radius 1 is 1.29 bits per heavy atom. The fourth-order valence-corrected chi connectivity index (χ4v) is 2.50. The minimum absolute atomic E-state index is 0.221. The summed E-state index contributed by atoms with van der Waals surface area (Å²) in [5.74, 6) is 0.221. The van der Waals surface area contributed by atoms with E-state index in [1.54, 1.807) is 0 Å². The van der Waals surface area contributed by atoms with E-state index in [0.717, 1.165) is 19.3 Å². The maximum atomic E-state index is 11.3. The predicted molar refractivity (Wildman–Crippen MR) is 66.3 cm³/mol. The van der Waals surface area contributed by atoms with Crippen molar-refractivity contribution in [2.24, 2.45) is 0 Å². The number of carbonyl (C=O) groups is 1. The van der Waals surface area contributed by atoms with Crippen molar-refractivity contribution in [1.29, 1.82) is 0 Å². The SMILES string of the molecule is CCCC(=O)N[C@H]1CC[C@H](NI)CC1. The van der Waals surface area contributed by atoms with Gasteiger partial charge in [-0.15, -0.1) is 0 Å². The number of carbonyl (C=O) groups excluding carboxylic acids is 1. The van der Waals surface area contributed by atoms with Crippen LogP contribution in [0.25, 0.3) is 0 Å². The van der Waals surface area contributed by atoms with Crippen LogP contribution in [0.15, 0.2) is 0 Å². The molecule has 1 saturated carbocycles. The first-order valence-corrected chi connectivity index (χ1v) is 6.49. The van der Waals surface area contributed by atoms with Gasteiger partial charge in [0.1, 0.15) is 0 Å². The number of hydrogen-bond donors (Lipinski definition) is 2. The molecule has 82 valence electrons. The molecule has 1 amide bonds. The lowest BCUT2D eigenvalue weighted by Gasteiger charge is -2.28. The van der Waals surface area contributed by atoms with Gasteiger partial charge in [-0.3, -0.25) is 8.32 Å². The standard InChI is InChI=1S/C10H19IN2O/c1-2-3-10(14)12-8-4-6-9(13-11)7-5-8/h8-9,13H,2-7H2,1H3,(H,12,14)/t8-,9-. The Bertz CT molecular complexity index is 179. The quantitative estimate of drug-likeness (QED) is 0.617. The van der Waals surface area contributed by atoms with E-state index in [2.05, 4.69) is 31.7 Å². The Labute approximate surface area is 99.9 Å². The van der Waals surface area contributed by atoms with Crippen molar-refractivity contribution < 1.29 is 4.79 Å². The zero-order valence-corrected chi connectivity index (χ0v) is 10.8. The molecular weight excluding hydrogens is 291 g/mol. The minimum atomic E-state index is 0.221. The second kappa shape index (κ2) is 6.61. The highest BCUT2D eigenvalue weighted by Gasteiger charge is 2.21. The lowest BCUT2D eigenvalue weighted by Crippen LogP contribution is -2.40. The van der Waals surface area contributed by atoms with Crippen molar-refractivity contribution in [2.45, 2.75) is 57.5 Å². The monoisotopic (exact) mass is 310 g/mol. The Hall–Kier alpha value is 0.160. The molecule has 1 fully saturated rings. The summed E-state index contributed by atoms with van der Waals surface area (Å²) in [7, 11) is 0. The van der Waals surface area contributed by atoms with Crippen LogP contribution in [0.5, 0.6) is 0 Å². The summed E-state index contributed by atoms with van der Waals surface area (Å²) in [4.78, 5) is 11.3. The minimum Gasteiger partial charge on any atom is -0.353 e. The summed E-state index contributed by atoms with van der Waals surface area (Å²) >= 11 is 2.22. The topological polar surface area (TPSA) is 41.1 Å². The lowest BCUT2D eigenvalue weighted by molar-refractivity contribution is -0.122. The van der Waals surface area contributed by atoms with Gasteiger partial charge in [0.2, 0.25) is 5.91 Å². The molecule has 1 aliphatic rings. The van der Waals surface area contributed by atoms with Gasteiger partial charge in [-0.2, -0.15) is 0 Å². The van der Waals surface area contributed by atoms with Gasteiger partial charge in [-0.25, -0.2) is 0 Å². The first-order chi connectivity index (χ1) is 6.76. The second-order valence-electron chi connectivity index (χ2n) is 3.98. The van der Waals surface area contributed by atoms with Crippen molar-refractivity contribution in [1.82, 2.24) is 8.85 Å². The Kier molecular flexibility index (Phi) is 5.77. The molecule has 3 nitrogen and oxygen atoms in total. The molecule has 0 aromatic heterocycles. The zero-order valence-electron chi connectivity index (χ0n) is 8.68. The van der Waals surface area contributed by atoms with E-state index in [0.29, 0.717) is 18.5 Å². The van der Waals surface area contributed by atoms with Gasteiger partial charge in [0.25, 0.3) is 0 Å². The van der Waals surface area contributed by atoms with Crippen LogP contribution in [-0.2, 0) is 4.79 Å². The van der Waals surface area contributed by atoms with E-state index in [-0.39, 0.29) is 5.91 Å². The normalized spacial score (nSPS) is 27.3. The van der Waals surface area contributed by atoms with Crippen LogP contribution >= 0.6 is 22.9 Å². The van der Waals surface area contributed by atoms with Crippen LogP contribution in [0.1, 0.15) is 45.4 Å². The van der Waals surface area contributed by atoms with Crippen LogP contribution in [0.2, 0.25) is 0 Å². The molecule has 0 aliphatic heterocycles. The molecule has 2 N–H and O–H groups in total. The Morgan fingerprint density at radius 3 is 2.36 bits per heavy atom. The van der Waals surface area contributed by atoms with E-state index >= 15 is 0 Å². The van der Waals surface area contributed by atoms with E-state index in [4.69, 9.17) is 0 Å². The molecule has 0 aromatic carbocycles. The van der Waals surface area contributed by atoms with Crippen molar-refractivity contribution in [3.05, 3.63) is 0 Å². The Balaban J connectivity index is 2.18. The van der Waals surface area contributed by atoms with Gasteiger partial charge in [0.15, 0.2) is 0 Å². The first-order valence-electron chi connectivity index (χ1n) is 5.41. The van der Waals surface area contributed by atoms with Gasteiger partial charge >= 0.3 is 0 Å². The van der Waals surface area contributed by atoms with Crippen molar-refractivity contribution in [3.8, 4) is 0 Å². The van der Waals surface area contributed by atoms with Crippen LogP contribution < -0.4 is 8.85 Å². The highest BCUT2D eigenvalue weighted by atomic mass is 127. The zero-order chi connectivity index (χ0) is 10.4. The summed E-state index contributed by atoms with van der Waals surface area (Å²) in [5, 5.41) is 3.10. The summed E-state index contributed by atoms with van der Waals surface area (Å²) < 4.78 is 3.26. The predicted octanol–water partition coefficient (Wildman–Crippen LogP) is 2.15. The van der Waals surface area contributed by atoms with Gasteiger partial charge in [-0.1, -0.05) is 6.92 Å². The molecule has 4 heteroatoms. The highest BCUT2D eigenvalue weighted by molar-refractivity contribution is 14.1. The van der Waals surface area contributed by atoms with E-state index in [9.17, 15) is 4.79 Å². The molecule has 0 radical (unpaired) electrons. The summed E-state index contributed by atoms with van der Waals surface area (Å²) in [6.07, 6.45) is 6.22. The molecule has 0 saturated heterocycles. The molecule has 0 aromatic rings. The van der Waals surface area contributed by atoms with Gasteiger partial charge < -0.3 is 5.32 Å². The number of hydrogen-bond acceptors (Lipinski definition) is 2. The smallest absolute Gasteiger partial charge is 0.220 e. The summed E-state index contributed by atoms with van der Waals surface area (Å²) in [6, 6.07) is 1.07. The first kappa shape index (κ1) is 12.2. The van der Waals surface area contributed by atoms with Crippen molar-refractivity contribution in [2.75, 3.05) is 0 Å². The fraction of sp³-hybridized carbons (Fsp3) is 0.900. The lowest BCUT2D eigenvalue weighted by atomic mass is 9.92. The molecule has 1 rings (SSSR count). The molecule has 0 spiro atoms. The largest absolute Gasteiger partial charge is 0.353 e.